The van der Waals surface area contributed by atoms with Crippen LogP contribution in [-0.2, 0) is 4.79 Å². The van der Waals surface area contributed by atoms with Crippen molar-refractivity contribution in [2.75, 3.05) is 5.32 Å². The summed E-state index contributed by atoms with van der Waals surface area (Å²) in [6.45, 7) is 4.13. The van der Waals surface area contributed by atoms with Crippen LogP contribution in [0.4, 0.5) is 5.69 Å². The number of carboxylic acids is 1. The van der Waals surface area contributed by atoms with E-state index in [2.05, 4.69) is 19.2 Å². The Morgan fingerprint density at radius 2 is 1.67 bits per heavy atom. The molecule has 0 aliphatic carbocycles. The quantitative estimate of drug-likeness (QED) is 0.626. The third kappa shape index (κ3) is 4.52. The van der Waals surface area contributed by atoms with Gasteiger partial charge in [-0.2, -0.15) is 0 Å². The first-order valence-electron chi connectivity index (χ1n) is 7.63. The van der Waals surface area contributed by atoms with Crippen molar-refractivity contribution in [3.8, 4) is 0 Å². The second-order valence-electron chi connectivity index (χ2n) is 5.81. The Hall–Kier alpha value is -2.95. The molecule has 124 valence electrons. The lowest BCUT2D eigenvalue weighted by molar-refractivity contribution is -0.115. The molecule has 24 heavy (non-hydrogen) atoms. The van der Waals surface area contributed by atoms with Gasteiger partial charge in [0.05, 0.1) is 12.0 Å². The number of amides is 1. The van der Waals surface area contributed by atoms with Crippen LogP contribution in [0.2, 0.25) is 0 Å². The van der Waals surface area contributed by atoms with Gasteiger partial charge in [-0.3, -0.25) is 9.59 Å². The average molecular weight is 325 g/mol. The standard InChI is InChI=1S/C19H19NO4/c1-12(2)13-6-8-14(9-7-13)17(21)11-18(22)20-16-5-3-4-15(10-16)19(23)24/h3-10,12H,11H2,1-2H3,(H,20,22)(H,23,24). The summed E-state index contributed by atoms with van der Waals surface area (Å²) >= 11 is 0. The molecule has 0 atom stereocenters. The first-order valence-corrected chi connectivity index (χ1v) is 7.63. The fourth-order valence-electron chi connectivity index (χ4n) is 2.24. The molecular weight excluding hydrogens is 306 g/mol. The maximum atomic E-state index is 12.1. The summed E-state index contributed by atoms with van der Waals surface area (Å²) in [5.41, 5.74) is 2.03. The summed E-state index contributed by atoms with van der Waals surface area (Å²) < 4.78 is 0. The van der Waals surface area contributed by atoms with Crippen molar-refractivity contribution in [2.45, 2.75) is 26.2 Å². The van der Waals surface area contributed by atoms with Gasteiger partial charge in [-0.1, -0.05) is 44.2 Å². The smallest absolute Gasteiger partial charge is 0.335 e. The molecule has 0 heterocycles. The van der Waals surface area contributed by atoms with E-state index in [1.54, 1.807) is 18.2 Å². The molecule has 2 aromatic carbocycles. The van der Waals surface area contributed by atoms with Gasteiger partial charge in [0, 0.05) is 11.3 Å². The summed E-state index contributed by atoms with van der Waals surface area (Å²) in [5, 5.41) is 11.5. The van der Waals surface area contributed by atoms with E-state index in [1.807, 2.05) is 12.1 Å². The van der Waals surface area contributed by atoms with Gasteiger partial charge < -0.3 is 10.4 Å². The summed E-state index contributed by atoms with van der Waals surface area (Å²) in [6, 6.07) is 13.1. The molecule has 2 rings (SSSR count). The van der Waals surface area contributed by atoms with Crippen LogP contribution >= 0.6 is 0 Å². The van der Waals surface area contributed by atoms with E-state index in [-0.39, 0.29) is 17.8 Å². The van der Waals surface area contributed by atoms with Crippen LogP contribution < -0.4 is 5.32 Å². The minimum Gasteiger partial charge on any atom is -0.478 e. The minimum atomic E-state index is -1.08. The van der Waals surface area contributed by atoms with E-state index in [4.69, 9.17) is 5.11 Å². The van der Waals surface area contributed by atoms with Crippen LogP contribution in [0.1, 0.15) is 52.5 Å². The highest BCUT2D eigenvalue weighted by molar-refractivity contribution is 6.11. The third-order valence-corrected chi connectivity index (χ3v) is 3.61. The van der Waals surface area contributed by atoms with Crippen LogP contribution in [0, 0.1) is 0 Å². The molecule has 2 aromatic rings. The number of ketones is 1. The van der Waals surface area contributed by atoms with Crippen molar-refractivity contribution in [1.29, 1.82) is 0 Å². The largest absolute Gasteiger partial charge is 0.478 e. The molecule has 0 saturated heterocycles. The number of nitrogens with one attached hydrogen (secondary N) is 1. The zero-order valence-corrected chi connectivity index (χ0v) is 13.6. The molecule has 0 saturated carbocycles. The van der Waals surface area contributed by atoms with E-state index in [9.17, 15) is 14.4 Å². The first-order chi connectivity index (χ1) is 11.4. The zero-order valence-electron chi connectivity index (χ0n) is 13.6. The molecule has 1 amide bonds. The number of hydrogen-bond acceptors (Lipinski definition) is 3. The monoisotopic (exact) mass is 325 g/mol. The topological polar surface area (TPSA) is 83.5 Å². The summed E-state index contributed by atoms with van der Waals surface area (Å²) in [7, 11) is 0. The maximum absolute atomic E-state index is 12.1. The van der Waals surface area contributed by atoms with Gasteiger partial charge in [0.25, 0.3) is 0 Å². The van der Waals surface area contributed by atoms with Crippen molar-refractivity contribution in [1.82, 2.24) is 0 Å². The summed E-state index contributed by atoms with van der Waals surface area (Å²) in [6.07, 6.45) is -0.293. The van der Waals surface area contributed by atoms with Gasteiger partial charge in [-0.25, -0.2) is 4.79 Å². The normalized spacial score (nSPS) is 10.5. The Kier molecular flexibility index (Phi) is 5.47. The van der Waals surface area contributed by atoms with Crippen molar-refractivity contribution < 1.29 is 19.5 Å². The van der Waals surface area contributed by atoms with Crippen LogP contribution in [0.3, 0.4) is 0 Å². The lowest BCUT2D eigenvalue weighted by atomic mass is 9.99. The van der Waals surface area contributed by atoms with Gasteiger partial charge >= 0.3 is 5.97 Å². The molecule has 0 radical (unpaired) electrons. The van der Waals surface area contributed by atoms with Gasteiger partial charge in [-0.05, 0) is 29.7 Å². The minimum absolute atomic E-state index is 0.0726. The molecule has 5 heteroatoms. The number of anilines is 1. The van der Waals surface area contributed by atoms with E-state index < -0.39 is 11.9 Å². The lowest BCUT2D eigenvalue weighted by Gasteiger charge is -2.07. The highest BCUT2D eigenvalue weighted by Crippen LogP contribution is 2.16. The fourth-order valence-corrected chi connectivity index (χ4v) is 2.24. The molecule has 2 N–H and O–H groups in total. The number of carbonyl (C=O) groups excluding carboxylic acids is 2. The SMILES string of the molecule is CC(C)c1ccc(C(=O)CC(=O)Nc2cccc(C(=O)O)c2)cc1. The van der Waals surface area contributed by atoms with Gasteiger partial charge in [0.2, 0.25) is 5.91 Å². The van der Waals surface area contributed by atoms with Gasteiger partial charge in [0.15, 0.2) is 5.78 Å². The van der Waals surface area contributed by atoms with Gasteiger partial charge in [0.1, 0.15) is 0 Å². The molecule has 5 nitrogen and oxygen atoms in total. The molecule has 0 fully saturated rings. The zero-order chi connectivity index (χ0) is 17.7. The van der Waals surface area contributed by atoms with Crippen molar-refractivity contribution in [2.24, 2.45) is 0 Å². The highest BCUT2D eigenvalue weighted by atomic mass is 16.4. The third-order valence-electron chi connectivity index (χ3n) is 3.61. The Balaban J connectivity index is 2.00. The number of benzene rings is 2. The number of rotatable bonds is 6. The molecular formula is C19H19NO4. The molecule has 0 unspecified atom stereocenters. The predicted molar refractivity (Wildman–Crippen MR) is 91.5 cm³/mol. The summed E-state index contributed by atoms with van der Waals surface area (Å²) in [4.78, 5) is 35.0. The number of Topliss-reactive ketones (excluding diaryl/α,β-unsaturated/α-hetero) is 1. The summed E-state index contributed by atoms with van der Waals surface area (Å²) in [5.74, 6) is -1.46. The van der Waals surface area contributed by atoms with E-state index in [0.717, 1.165) is 5.56 Å². The second kappa shape index (κ2) is 7.55. The van der Waals surface area contributed by atoms with Crippen LogP contribution in [0.25, 0.3) is 0 Å². The van der Waals surface area contributed by atoms with Crippen LogP contribution in [0.5, 0.6) is 0 Å². The van der Waals surface area contributed by atoms with Crippen molar-refractivity contribution in [3.63, 3.8) is 0 Å². The maximum Gasteiger partial charge on any atom is 0.335 e. The number of aromatic carboxylic acids is 1. The van der Waals surface area contributed by atoms with Crippen molar-refractivity contribution in [3.05, 3.63) is 65.2 Å². The number of carbonyl (C=O) groups is 3. The molecule has 0 bridgehead atoms. The average Bonchev–Trinajstić information content (AvgIpc) is 2.55. The molecule has 0 aliphatic rings. The highest BCUT2D eigenvalue weighted by Gasteiger charge is 2.13. The van der Waals surface area contributed by atoms with E-state index >= 15 is 0 Å². The lowest BCUT2D eigenvalue weighted by Crippen LogP contribution is -2.17. The first kappa shape index (κ1) is 17.4. The number of carboxylic acid groups (broad SMARTS) is 1. The Morgan fingerprint density at radius 1 is 1.00 bits per heavy atom. The van der Waals surface area contributed by atoms with Crippen LogP contribution in [0.15, 0.2) is 48.5 Å². The van der Waals surface area contributed by atoms with Gasteiger partial charge in [-0.15, -0.1) is 0 Å². The molecule has 0 spiro atoms. The molecule has 0 aromatic heterocycles. The predicted octanol–water partition coefficient (Wildman–Crippen LogP) is 3.72. The second-order valence-corrected chi connectivity index (χ2v) is 5.81. The van der Waals surface area contributed by atoms with E-state index in [0.29, 0.717) is 17.2 Å². The number of hydrogen-bond donors (Lipinski definition) is 2. The van der Waals surface area contributed by atoms with E-state index in [1.165, 1.54) is 18.2 Å². The van der Waals surface area contributed by atoms with Crippen LogP contribution in [-0.4, -0.2) is 22.8 Å². The Morgan fingerprint density at radius 3 is 2.25 bits per heavy atom. The van der Waals surface area contributed by atoms with Crippen molar-refractivity contribution >= 4 is 23.3 Å². The Bertz CT molecular complexity index is 763. The molecule has 0 aliphatic heterocycles. The fraction of sp³-hybridized carbons (Fsp3) is 0.211. The Labute approximate surface area is 140 Å².